The average molecular weight is 415 g/mol. The molecule has 3 aromatic heterocycles. The fourth-order valence-corrected chi connectivity index (χ4v) is 3.51. The molecule has 0 aliphatic heterocycles. The van der Waals surface area contributed by atoms with Crippen molar-refractivity contribution >= 4 is 5.65 Å². The van der Waals surface area contributed by atoms with Crippen molar-refractivity contribution in [2.24, 2.45) is 7.05 Å². The lowest BCUT2D eigenvalue weighted by atomic mass is 9.77. The molecular weight excluding hydrogens is 399 g/mol. The average Bonchev–Trinajstić information content (AvgIpc) is 3.29. The Morgan fingerprint density at radius 1 is 1.20 bits per heavy atom. The normalized spacial score (nSPS) is 16.0. The van der Waals surface area contributed by atoms with Crippen LogP contribution in [-0.4, -0.2) is 40.5 Å². The highest BCUT2D eigenvalue weighted by Gasteiger charge is 2.47. The first-order chi connectivity index (χ1) is 14.4. The van der Waals surface area contributed by atoms with E-state index in [-0.39, 0.29) is 36.7 Å². The predicted molar refractivity (Wildman–Crippen MR) is 98.4 cm³/mol. The lowest BCUT2D eigenvalue weighted by molar-refractivity contribution is -0.0872. The third kappa shape index (κ3) is 3.15. The Morgan fingerprint density at radius 3 is 2.70 bits per heavy atom. The summed E-state index contributed by atoms with van der Waals surface area (Å²) in [5.41, 5.74) is 1.06. The number of hydrogen-bond acceptors (Lipinski definition) is 6. The molecular formula is C19H16F3N7O. The molecule has 0 unspecified atom stereocenters. The van der Waals surface area contributed by atoms with E-state index in [9.17, 15) is 13.2 Å². The first-order valence-electron chi connectivity index (χ1n) is 9.26. The Kier molecular flexibility index (Phi) is 4.19. The van der Waals surface area contributed by atoms with Gasteiger partial charge in [0.25, 0.3) is 0 Å². The van der Waals surface area contributed by atoms with E-state index >= 15 is 0 Å². The van der Waals surface area contributed by atoms with Gasteiger partial charge in [0.05, 0.1) is 5.56 Å². The van der Waals surface area contributed by atoms with Crippen molar-refractivity contribution < 1.29 is 17.9 Å². The summed E-state index contributed by atoms with van der Waals surface area (Å²) in [5, 5.41) is 16.5. The standard InChI is InChI=1S/C19H16F3N7O/c1-28-16(23-10-24-28)9-30-18-13(11-7-19(21,22)8-11)6-15-25-26-17(29(15)27-18)12-4-2-3-5-14(12)20/h2-6,10-11H,7-9H2,1H3. The van der Waals surface area contributed by atoms with Gasteiger partial charge in [0, 0.05) is 31.4 Å². The van der Waals surface area contributed by atoms with Gasteiger partial charge < -0.3 is 4.74 Å². The van der Waals surface area contributed by atoms with E-state index in [1.165, 1.54) is 16.9 Å². The maximum atomic E-state index is 14.3. The molecule has 1 saturated carbocycles. The molecule has 11 heteroatoms. The number of alkyl halides is 2. The molecule has 0 spiro atoms. The number of benzene rings is 1. The van der Waals surface area contributed by atoms with Gasteiger partial charge in [-0.05, 0) is 18.2 Å². The van der Waals surface area contributed by atoms with Crippen LogP contribution in [0.15, 0.2) is 36.7 Å². The van der Waals surface area contributed by atoms with Crippen LogP contribution in [0.25, 0.3) is 17.0 Å². The van der Waals surface area contributed by atoms with Crippen LogP contribution in [-0.2, 0) is 13.7 Å². The van der Waals surface area contributed by atoms with Crippen LogP contribution >= 0.6 is 0 Å². The van der Waals surface area contributed by atoms with Gasteiger partial charge in [-0.3, -0.25) is 4.68 Å². The molecule has 1 aliphatic carbocycles. The number of aryl methyl sites for hydroxylation is 1. The van der Waals surface area contributed by atoms with Gasteiger partial charge in [0.15, 0.2) is 17.3 Å². The van der Waals surface area contributed by atoms with Crippen LogP contribution in [0.5, 0.6) is 5.88 Å². The Labute approximate surface area is 168 Å². The monoisotopic (exact) mass is 415 g/mol. The van der Waals surface area contributed by atoms with Gasteiger partial charge in [0.1, 0.15) is 18.8 Å². The third-order valence-electron chi connectivity index (χ3n) is 5.17. The molecule has 0 amide bonds. The number of aromatic nitrogens is 7. The highest BCUT2D eigenvalue weighted by Crippen LogP contribution is 2.50. The largest absolute Gasteiger partial charge is 0.468 e. The van der Waals surface area contributed by atoms with Crippen LogP contribution < -0.4 is 4.74 Å². The number of ether oxygens (including phenoxy) is 1. The second-order valence-electron chi connectivity index (χ2n) is 7.23. The van der Waals surface area contributed by atoms with Gasteiger partial charge in [0.2, 0.25) is 11.8 Å². The van der Waals surface area contributed by atoms with Crippen molar-refractivity contribution in [2.45, 2.75) is 31.3 Å². The minimum atomic E-state index is -2.70. The zero-order valence-corrected chi connectivity index (χ0v) is 15.8. The van der Waals surface area contributed by atoms with Gasteiger partial charge in [-0.2, -0.15) is 9.61 Å². The summed E-state index contributed by atoms with van der Waals surface area (Å²) < 4.78 is 50.0. The maximum Gasteiger partial charge on any atom is 0.249 e. The fourth-order valence-electron chi connectivity index (χ4n) is 3.51. The molecule has 1 aliphatic rings. The SMILES string of the molecule is Cn1ncnc1COc1nn2c(-c3ccccc3F)nnc2cc1C1CC(F)(F)C1. The Hall–Kier alpha value is -3.50. The Bertz CT molecular complexity index is 1230. The van der Waals surface area contributed by atoms with Gasteiger partial charge in [-0.25, -0.2) is 18.2 Å². The zero-order valence-electron chi connectivity index (χ0n) is 15.8. The third-order valence-corrected chi connectivity index (χ3v) is 5.17. The number of fused-ring (bicyclic) bond motifs is 1. The first kappa shape index (κ1) is 18.5. The lowest BCUT2D eigenvalue weighted by Crippen LogP contribution is -2.34. The molecule has 1 aromatic carbocycles. The van der Waals surface area contributed by atoms with E-state index in [1.807, 2.05) is 0 Å². The number of halogens is 3. The van der Waals surface area contributed by atoms with Gasteiger partial charge >= 0.3 is 0 Å². The quantitative estimate of drug-likeness (QED) is 0.498. The smallest absolute Gasteiger partial charge is 0.249 e. The van der Waals surface area contributed by atoms with Crippen molar-refractivity contribution in [1.29, 1.82) is 0 Å². The summed E-state index contributed by atoms with van der Waals surface area (Å²) in [6.45, 7) is 0.0439. The number of hydrogen-bond donors (Lipinski definition) is 0. The molecule has 0 saturated heterocycles. The molecule has 154 valence electrons. The topological polar surface area (TPSA) is 83.0 Å². The molecule has 4 aromatic rings. The van der Waals surface area contributed by atoms with Crippen molar-refractivity contribution in [3.05, 3.63) is 53.9 Å². The summed E-state index contributed by atoms with van der Waals surface area (Å²) in [6.07, 6.45) is 0.803. The minimum Gasteiger partial charge on any atom is -0.468 e. The van der Waals surface area contributed by atoms with E-state index in [2.05, 4.69) is 25.4 Å². The van der Waals surface area contributed by atoms with Crippen LogP contribution in [0.3, 0.4) is 0 Å². The van der Waals surface area contributed by atoms with Gasteiger partial charge in [-0.15, -0.1) is 15.3 Å². The number of nitrogens with zero attached hydrogens (tertiary/aromatic N) is 7. The molecule has 3 heterocycles. The summed E-state index contributed by atoms with van der Waals surface area (Å²) in [6, 6.07) is 7.74. The molecule has 30 heavy (non-hydrogen) atoms. The summed E-state index contributed by atoms with van der Waals surface area (Å²) in [5.74, 6) is -2.71. The Morgan fingerprint density at radius 2 is 2.00 bits per heavy atom. The van der Waals surface area contributed by atoms with E-state index < -0.39 is 17.7 Å². The van der Waals surface area contributed by atoms with Crippen molar-refractivity contribution in [3.63, 3.8) is 0 Å². The molecule has 0 atom stereocenters. The van der Waals surface area contributed by atoms with Crippen LogP contribution in [0.4, 0.5) is 13.2 Å². The van der Waals surface area contributed by atoms with Crippen molar-refractivity contribution in [1.82, 2.24) is 34.6 Å². The minimum absolute atomic E-state index is 0.0439. The molecule has 0 radical (unpaired) electrons. The van der Waals surface area contributed by atoms with Gasteiger partial charge in [-0.1, -0.05) is 12.1 Å². The summed E-state index contributed by atoms with van der Waals surface area (Å²) in [7, 11) is 1.71. The number of rotatable bonds is 5. The van der Waals surface area contributed by atoms with E-state index in [1.54, 1.807) is 36.0 Å². The van der Waals surface area contributed by atoms with E-state index in [0.717, 1.165) is 0 Å². The highest BCUT2D eigenvalue weighted by molar-refractivity contribution is 5.60. The fraction of sp³-hybridized carbons (Fsp3) is 0.316. The molecule has 0 N–H and O–H groups in total. The van der Waals surface area contributed by atoms with Crippen molar-refractivity contribution in [2.75, 3.05) is 0 Å². The zero-order chi connectivity index (χ0) is 20.9. The predicted octanol–water partition coefficient (Wildman–Crippen LogP) is 3.15. The maximum absolute atomic E-state index is 14.3. The van der Waals surface area contributed by atoms with E-state index in [4.69, 9.17) is 4.74 Å². The molecule has 8 nitrogen and oxygen atoms in total. The summed E-state index contributed by atoms with van der Waals surface area (Å²) in [4.78, 5) is 4.09. The molecule has 5 rings (SSSR count). The van der Waals surface area contributed by atoms with Crippen LogP contribution in [0, 0.1) is 5.82 Å². The first-order valence-corrected chi connectivity index (χ1v) is 9.26. The highest BCUT2D eigenvalue weighted by atomic mass is 19.3. The summed E-state index contributed by atoms with van der Waals surface area (Å²) >= 11 is 0. The Balaban J connectivity index is 1.57. The molecule has 1 fully saturated rings. The van der Waals surface area contributed by atoms with Crippen LogP contribution in [0.1, 0.15) is 30.1 Å². The second-order valence-corrected chi connectivity index (χ2v) is 7.23. The van der Waals surface area contributed by atoms with Crippen LogP contribution in [0.2, 0.25) is 0 Å². The van der Waals surface area contributed by atoms with Crippen molar-refractivity contribution in [3.8, 4) is 17.3 Å². The molecule has 0 bridgehead atoms. The second kappa shape index (κ2) is 6.78. The lowest BCUT2D eigenvalue weighted by Gasteiger charge is -2.35. The van der Waals surface area contributed by atoms with E-state index in [0.29, 0.717) is 17.0 Å².